The van der Waals surface area contributed by atoms with Crippen LogP contribution < -0.4 is 5.32 Å². The molecule has 4 heteroatoms. The number of hydrogen-bond acceptors (Lipinski definition) is 4. The van der Waals surface area contributed by atoms with E-state index in [4.69, 9.17) is 9.47 Å². The van der Waals surface area contributed by atoms with Crippen LogP contribution in [0.2, 0.25) is 0 Å². The standard InChI is InChI=1S/C13H27NO3/c1-11(2)14-12(9-15)6-8-16-10-13-5-3-4-7-17-13/h11-15H,3-10H2,1-2H3. The van der Waals surface area contributed by atoms with Gasteiger partial charge in [-0.25, -0.2) is 0 Å². The monoisotopic (exact) mass is 245 g/mol. The molecule has 1 aliphatic rings. The van der Waals surface area contributed by atoms with Gasteiger partial charge in [0.25, 0.3) is 0 Å². The molecule has 0 aromatic carbocycles. The minimum Gasteiger partial charge on any atom is -0.395 e. The largest absolute Gasteiger partial charge is 0.395 e. The third kappa shape index (κ3) is 6.99. The van der Waals surface area contributed by atoms with E-state index in [-0.39, 0.29) is 18.8 Å². The molecule has 0 spiro atoms. The summed E-state index contributed by atoms with van der Waals surface area (Å²) in [6.07, 6.45) is 4.69. The van der Waals surface area contributed by atoms with Crippen LogP contribution in [0.4, 0.5) is 0 Å². The molecule has 1 aliphatic heterocycles. The first kappa shape index (κ1) is 14.9. The maximum atomic E-state index is 9.18. The van der Waals surface area contributed by atoms with Crippen molar-refractivity contribution in [3.8, 4) is 0 Å². The third-order valence-corrected chi connectivity index (χ3v) is 2.98. The zero-order valence-corrected chi connectivity index (χ0v) is 11.2. The zero-order chi connectivity index (χ0) is 12.5. The van der Waals surface area contributed by atoms with E-state index in [1.54, 1.807) is 0 Å². The third-order valence-electron chi connectivity index (χ3n) is 2.98. The second-order valence-electron chi connectivity index (χ2n) is 5.05. The highest BCUT2D eigenvalue weighted by Gasteiger charge is 2.14. The molecule has 2 N–H and O–H groups in total. The minimum absolute atomic E-state index is 0.141. The van der Waals surface area contributed by atoms with Gasteiger partial charge in [0.1, 0.15) is 0 Å². The Morgan fingerprint density at radius 1 is 1.41 bits per heavy atom. The average molecular weight is 245 g/mol. The van der Waals surface area contributed by atoms with Gasteiger partial charge in [0.15, 0.2) is 0 Å². The summed E-state index contributed by atoms with van der Waals surface area (Å²) in [5, 5.41) is 12.5. The lowest BCUT2D eigenvalue weighted by atomic mass is 10.1. The molecular formula is C13H27NO3. The van der Waals surface area contributed by atoms with E-state index in [1.807, 2.05) is 0 Å². The molecule has 17 heavy (non-hydrogen) atoms. The predicted octanol–water partition coefficient (Wildman–Crippen LogP) is 1.32. The first-order valence-corrected chi connectivity index (χ1v) is 6.78. The van der Waals surface area contributed by atoms with Crippen LogP contribution in [-0.4, -0.2) is 49.7 Å². The molecule has 0 aromatic rings. The Morgan fingerprint density at radius 3 is 2.82 bits per heavy atom. The molecule has 1 saturated heterocycles. The summed E-state index contributed by atoms with van der Waals surface area (Å²) < 4.78 is 11.2. The molecule has 1 rings (SSSR count). The normalized spacial score (nSPS) is 22.9. The summed E-state index contributed by atoms with van der Waals surface area (Å²) in [5.74, 6) is 0. The average Bonchev–Trinajstić information content (AvgIpc) is 2.34. The van der Waals surface area contributed by atoms with Crippen LogP contribution in [0.3, 0.4) is 0 Å². The predicted molar refractivity (Wildman–Crippen MR) is 68.2 cm³/mol. The van der Waals surface area contributed by atoms with Crippen molar-refractivity contribution in [1.82, 2.24) is 5.32 Å². The number of ether oxygens (including phenoxy) is 2. The van der Waals surface area contributed by atoms with Gasteiger partial charge in [-0.1, -0.05) is 13.8 Å². The van der Waals surface area contributed by atoms with E-state index >= 15 is 0 Å². The van der Waals surface area contributed by atoms with Gasteiger partial charge in [0.05, 0.1) is 19.3 Å². The Kier molecular flexibility index (Phi) is 7.77. The second-order valence-corrected chi connectivity index (χ2v) is 5.05. The second kappa shape index (κ2) is 8.86. The molecule has 0 amide bonds. The lowest BCUT2D eigenvalue weighted by Gasteiger charge is -2.23. The molecule has 0 saturated carbocycles. The van der Waals surface area contributed by atoms with Gasteiger partial charge in [-0.2, -0.15) is 0 Å². The lowest BCUT2D eigenvalue weighted by Crippen LogP contribution is -2.38. The first-order chi connectivity index (χ1) is 8.22. The Labute approximate surface area is 105 Å². The molecule has 0 aromatic heterocycles. The van der Waals surface area contributed by atoms with Crippen molar-refractivity contribution in [3.05, 3.63) is 0 Å². The molecule has 4 nitrogen and oxygen atoms in total. The molecule has 2 unspecified atom stereocenters. The summed E-state index contributed by atoms with van der Waals surface area (Å²) in [4.78, 5) is 0. The molecule has 0 aliphatic carbocycles. The van der Waals surface area contributed by atoms with Crippen LogP contribution in [0.5, 0.6) is 0 Å². The van der Waals surface area contributed by atoms with E-state index in [1.165, 1.54) is 12.8 Å². The van der Waals surface area contributed by atoms with Crippen molar-refractivity contribution in [2.45, 2.75) is 57.7 Å². The van der Waals surface area contributed by atoms with Gasteiger partial charge in [0, 0.05) is 25.3 Å². The molecule has 0 bridgehead atoms. The summed E-state index contributed by atoms with van der Waals surface area (Å²) >= 11 is 0. The van der Waals surface area contributed by atoms with Crippen molar-refractivity contribution in [2.75, 3.05) is 26.4 Å². The lowest BCUT2D eigenvalue weighted by molar-refractivity contribution is -0.0424. The van der Waals surface area contributed by atoms with Crippen LogP contribution >= 0.6 is 0 Å². The number of aliphatic hydroxyl groups is 1. The molecule has 1 fully saturated rings. The highest BCUT2D eigenvalue weighted by Crippen LogP contribution is 2.12. The van der Waals surface area contributed by atoms with Crippen LogP contribution in [0.25, 0.3) is 0 Å². The Morgan fingerprint density at radius 2 is 2.24 bits per heavy atom. The summed E-state index contributed by atoms with van der Waals surface area (Å²) in [6.45, 7) is 6.59. The summed E-state index contributed by atoms with van der Waals surface area (Å²) in [7, 11) is 0. The van der Waals surface area contributed by atoms with Crippen LogP contribution in [0.15, 0.2) is 0 Å². The van der Waals surface area contributed by atoms with Crippen LogP contribution in [-0.2, 0) is 9.47 Å². The highest BCUT2D eigenvalue weighted by molar-refractivity contribution is 4.68. The maximum absolute atomic E-state index is 9.18. The number of nitrogens with one attached hydrogen (secondary N) is 1. The van der Waals surface area contributed by atoms with Gasteiger partial charge in [-0.3, -0.25) is 0 Å². The zero-order valence-electron chi connectivity index (χ0n) is 11.2. The molecule has 0 radical (unpaired) electrons. The Balaban J connectivity index is 2.01. The molecular weight excluding hydrogens is 218 g/mol. The SMILES string of the molecule is CC(C)NC(CO)CCOCC1CCCCO1. The van der Waals surface area contributed by atoms with Crippen molar-refractivity contribution in [3.63, 3.8) is 0 Å². The fraction of sp³-hybridized carbons (Fsp3) is 1.00. The number of hydrogen-bond donors (Lipinski definition) is 2. The first-order valence-electron chi connectivity index (χ1n) is 6.78. The minimum atomic E-state index is 0.141. The van der Waals surface area contributed by atoms with Crippen molar-refractivity contribution in [2.24, 2.45) is 0 Å². The Bertz CT molecular complexity index is 182. The summed E-state index contributed by atoms with van der Waals surface area (Å²) in [6, 6.07) is 0.538. The maximum Gasteiger partial charge on any atom is 0.0808 e. The number of aliphatic hydroxyl groups excluding tert-OH is 1. The fourth-order valence-electron chi connectivity index (χ4n) is 2.08. The van der Waals surface area contributed by atoms with Gasteiger partial charge in [-0.05, 0) is 25.7 Å². The van der Waals surface area contributed by atoms with Gasteiger partial charge in [0.2, 0.25) is 0 Å². The van der Waals surface area contributed by atoms with Crippen molar-refractivity contribution in [1.29, 1.82) is 0 Å². The molecule has 2 atom stereocenters. The Hall–Kier alpha value is -0.160. The van der Waals surface area contributed by atoms with E-state index in [0.29, 0.717) is 19.3 Å². The van der Waals surface area contributed by atoms with E-state index < -0.39 is 0 Å². The van der Waals surface area contributed by atoms with Gasteiger partial charge >= 0.3 is 0 Å². The van der Waals surface area contributed by atoms with E-state index in [2.05, 4.69) is 19.2 Å². The van der Waals surface area contributed by atoms with E-state index in [9.17, 15) is 5.11 Å². The van der Waals surface area contributed by atoms with Gasteiger partial charge < -0.3 is 19.9 Å². The smallest absolute Gasteiger partial charge is 0.0808 e. The van der Waals surface area contributed by atoms with Gasteiger partial charge in [-0.15, -0.1) is 0 Å². The summed E-state index contributed by atoms with van der Waals surface area (Å²) in [5.41, 5.74) is 0. The highest BCUT2D eigenvalue weighted by atomic mass is 16.5. The molecule has 102 valence electrons. The van der Waals surface area contributed by atoms with E-state index in [0.717, 1.165) is 19.4 Å². The van der Waals surface area contributed by atoms with Crippen LogP contribution in [0, 0.1) is 0 Å². The quantitative estimate of drug-likeness (QED) is 0.633. The molecule has 1 heterocycles. The fourth-order valence-corrected chi connectivity index (χ4v) is 2.08. The number of rotatable bonds is 8. The van der Waals surface area contributed by atoms with Crippen LogP contribution in [0.1, 0.15) is 39.5 Å². The van der Waals surface area contributed by atoms with Crippen molar-refractivity contribution < 1.29 is 14.6 Å². The van der Waals surface area contributed by atoms with Crippen molar-refractivity contribution >= 4 is 0 Å². The topological polar surface area (TPSA) is 50.7 Å².